The number of rotatable bonds is 5. The molecule has 0 fully saturated rings. The van der Waals surface area contributed by atoms with Crippen molar-refractivity contribution in [2.45, 2.75) is 6.42 Å². The van der Waals surface area contributed by atoms with Crippen molar-refractivity contribution in [2.75, 3.05) is 18.5 Å². The molecule has 98 valence electrons. The van der Waals surface area contributed by atoms with Gasteiger partial charge in [-0.05, 0) is 12.0 Å². The molecule has 0 aliphatic heterocycles. The summed E-state index contributed by atoms with van der Waals surface area (Å²) >= 11 is 0. The summed E-state index contributed by atoms with van der Waals surface area (Å²) in [6.45, 7) is 0.752. The van der Waals surface area contributed by atoms with Gasteiger partial charge in [0.05, 0.1) is 12.4 Å². The molecule has 0 radical (unpaired) electrons. The van der Waals surface area contributed by atoms with E-state index in [0.29, 0.717) is 5.82 Å². The Morgan fingerprint density at radius 2 is 2.00 bits per heavy atom. The lowest BCUT2D eigenvalue weighted by atomic mass is 10.1. The number of nitrogens with zero attached hydrogens (tertiary/aromatic N) is 3. The zero-order valence-electron chi connectivity index (χ0n) is 10.7. The van der Waals surface area contributed by atoms with Crippen LogP contribution in [0.1, 0.15) is 16.1 Å². The summed E-state index contributed by atoms with van der Waals surface area (Å²) in [6, 6.07) is 10.1. The summed E-state index contributed by atoms with van der Waals surface area (Å²) < 4.78 is 0. The molecule has 0 bridgehead atoms. The molecule has 0 spiro atoms. The molecule has 0 saturated heterocycles. The highest BCUT2D eigenvalue weighted by Crippen LogP contribution is 2.09. The van der Waals surface area contributed by atoms with Crippen LogP contribution in [0, 0.1) is 0 Å². The molecule has 0 unspecified atom stereocenters. The molecular formula is C14H15N3O2. The molecular weight excluding hydrogens is 242 g/mol. The molecule has 1 N–H and O–H groups in total. The Morgan fingerprint density at radius 1 is 1.26 bits per heavy atom. The van der Waals surface area contributed by atoms with Crippen LogP contribution < -0.4 is 4.90 Å². The maximum atomic E-state index is 10.8. The molecule has 1 heterocycles. The van der Waals surface area contributed by atoms with Crippen molar-refractivity contribution in [3.8, 4) is 0 Å². The first kappa shape index (κ1) is 13.0. The van der Waals surface area contributed by atoms with Gasteiger partial charge in [0.2, 0.25) is 0 Å². The first-order valence-electron chi connectivity index (χ1n) is 5.97. The van der Waals surface area contributed by atoms with Gasteiger partial charge < -0.3 is 10.0 Å². The standard InChI is InChI=1S/C14H15N3O2/c1-17(8-7-11-5-3-2-4-6-11)13-10-15-9-12(16-13)14(18)19/h2-6,9-10H,7-8H2,1H3,(H,18,19). The molecule has 0 amide bonds. The zero-order chi connectivity index (χ0) is 13.7. The normalized spacial score (nSPS) is 10.2. The quantitative estimate of drug-likeness (QED) is 0.885. The summed E-state index contributed by atoms with van der Waals surface area (Å²) in [5, 5.41) is 8.88. The second kappa shape index (κ2) is 5.95. The third-order valence-electron chi connectivity index (χ3n) is 2.81. The minimum atomic E-state index is -1.06. The van der Waals surface area contributed by atoms with Gasteiger partial charge in [-0.2, -0.15) is 0 Å². The zero-order valence-corrected chi connectivity index (χ0v) is 10.7. The van der Waals surface area contributed by atoms with Crippen LogP contribution >= 0.6 is 0 Å². The fourth-order valence-corrected chi connectivity index (χ4v) is 1.70. The Kier molecular flexibility index (Phi) is 4.07. The van der Waals surface area contributed by atoms with Crippen LogP contribution in [-0.2, 0) is 6.42 Å². The molecule has 0 aliphatic rings. The Labute approximate surface area is 111 Å². The lowest BCUT2D eigenvalue weighted by Gasteiger charge is -2.17. The molecule has 5 nitrogen and oxygen atoms in total. The smallest absolute Gasteiger partial charge is 0.356 e. The molecule has 0 atom stereocenters. The van der Waals surface area contributed by atoms with E-state index >= 15 is 0 Å². The minimum absolute atomic E-state index is 0.0379. The minimum Gasteiger partial charge on any atom is -0.476 e. The highest BCUT2D eigenvalue weighted by molar-refractivity contribution is 5.85. The van der Waals surface area contributed by atoms with Crippen LogP contribution in [-0.4, -0.2) is 34.6 Å². The Bertz CT molecular complexity index is 558. The van der Waals surface area contributed by atoms with Crippen LogP contribution in [0.25, 0.3) is 0 Å². The van der Waals surface area contributed by atoms with Crippen LogP contribution in [0.4, 0.5) is 5.82 Å². The van der Waals surface area contributed by atoms with Gasteiger partial charge in [0, 0.05) is 13.6 Å². The van der Waals surface area contributed by atoms with E-state index in [-0.39, 0.29) is 5.69 Å². The Morgan fingerprint density at radius 3 is 2.68 bits per heavy atom. The Hall–Kier alpha value is -2.43. The fourth-order valence-electron chi connectivity index (χ4n) is 1.70. The van der Waals surface area contributed by atoms with Crippen LogP contribution in [0.15, 0.2) is 42.7 Å². The van der Waals surface area contributed by atoms with Gasteiger partial charge >= 0.3 is 5.97 Å². The number of hydrogen-bond donors (Lipinski definition) is 1. The maximum Gasteiger partial charge on any atom is 0.356 e. The predicted octanol–water partition coefficient (Wildman–Crippen LogP) is 1.85. The molecule has 1 aromatic heterocycles. The first-order valence-corrected chi connectivity index (χ1v) is 5.97. The molecule has 1 aromatic carbocycles. The first-order chi connectivity index (χ1) is 9.16. The SMILES string of the molecule is CN(CCc1ccccc1)c1cncc(C(=O)O)n1. The van der Waals surface area contributed by atoms with Gasteiger partial charge in [-0.25, -0.2) is 9.78 Å². The lowest BCUT2D eigenvalue weighted by Crippen LogP contribution is -2.22. The van der Waals surface area contributed by atoms with E-state index in [1.165, 1.54) is 11.8 Å². The van der Waals surface area contributed by atoms with E-state index in [9.17, 15) is 4.79 Å². The Balaban J connectivity index is 2.02. The van der Waals surface area contributed by atoms with Crippen LogP contribution in [0.3, 0.4) is 0 Å². The summed E-state index contributed by atoms with van der Waals surface area (Å²) in [5.74, 6) is -0.498. The molecule has 0 saturated carbocycles. The highest BCUT2D eigenvalue weighted by Gasteiger charge is 2.09. The van der Waals surface area contributed by atoms with Gasteiger partial charge in [0.15, 0.2) is 5.69 Å². The molecule has 2 rings (SSSR count). The number of carboxylic acid groups (broad SMARTS) is 1. The van der Waals surface area contributed by atoms with E-state index in [0.717, 1.165) is 13.0 Å². The second-order valence-corrected chi connectivity index (χ2v) is 4.22. The van der Waals surface area contributed by atoms with Gasteiger partial charge in [-0.3, -0.25) is 4.98 Å². The monoisotopic (exact) mass is 257 g/mol. The third-order valence-corrected chi connectivity index (χ3v) is 2.81. The number of likely N-dealkylation sites (N-methyl/N-ethyl adjacent to an activating group) is 1. The summed E-state index contributed by atoms with van der Waals surface area (Å²) in [5.41, 5.74) is 1.20. The lowest BCUT2D eigenvalue weighted by molar-refractivity contribution is 0.0690. The van der Waals surface area contributed by atoms with E-state index in [4.69, 9.17) is 5.11 Å². The van der Waals surface area contributed by atoms with Crippen molar-refractivity contribution < 1.29 is 9.90 Å². The van der Waals surface area contributed by atoms with Crippen molar-refractivity contribution in [1.82, 2.24) is 9.97 Å². The average molecular weight is 257 g/mol. The van der Waals surface area contributed by atoms with Crippen LogP contribution in [0.2, 0.25) is 0 Å². The number of hydrogen-bond acceptors (Lipinski definition) is 4. The predicted molar refractivity (Wildman–Crippen MR) is 72.4 cm³/mol. The van der Waals surface area contributed by atoms with Crippen molar-refractivity contribution in [3.05, 3.63) is 54.0 Å². The molecule has 0 aliphatic carbocycles. The van der Waals surface area contributed by atoms with Gasteiger partial charge in [0.1, 0.15) is 5.82 Å². The number of benzene rings is 1. The van der Waals surface area contributed by atoms with E-state index < -0.39 is 5.97 Å². The molecule has 2 aromatic rings. The summed E-state index contributed by atoms with van der Waals surface area (Å²) in [6.07, 6.45) is 3.69. The fraction of sp³-hybridized carbons (Fsp3) is 0.214. The van der Waals surface area contributed by atoms with Crippen molar-refractivity contribution in [3.63, 3.8) is 0 Å². The maximum absolute atomic E-state index is 10.8. The molecule has 19 heavy (non-hydrogen) atoms. The van der Waals surface area contributed by atoms with Crippen molar-refractivity contribution in [2.24, 2.45) is 0 Å². The second-order valence-electron chi connectivity index (χ2n) is 4.22. The average Bonchev–Trinajstić information content (AvgIpc) is 2.46. The summed E-state index contributed by atoms with van der Waals surface area (Å²) in [4.78, 5) is 20.7. The van der Waals surface area contributed by atoms with Gasteiger partial charge in [0.25, 0.3) is 0 Å². The third kappa shape index (κ3) is 3.51. The van der Waals surface area contributed by atoms with E-state index in [1.54, 1.807) is 6.20 Å². The summed E-state index contributed by atoms with van der Waals surface area (Å²) in [7, 11) is 1.87. The van der Waals surface area contributed by atoms with Crippen LogP contribution in [0.5, 0.6) is 0 Å². The molecule has 5 heteroatoms. The number of aromatic nitrogens is 2. The van der Waals surface area contributed by atoms with Crippen molar-refractivity contribution in [1.29, 1.82) is 0 Å². The van der Waals surface area contributed by atoms with Gasteiger partial charge in [-0.15, -0.1) is 0 Å². The number of carboxylic acids is 1. The topological polar surface area (TPSA) is 66.3 Å². The number of anilines is 1. The highest BCUT2D eigenvalue weighted by atomic mass is 16.4. The van der Waals surface area contributed by atoms with Gasteiger partial charge in [-0.1, -0.05) is 30.3 Å². The number of aromatic carboxylic acids is 1. The largest absolute Gasteiger partial charge is 0.476 e. The van der Waals surface area contributed by atoms with E-state index in [2.05, 4.69) is 22.1 Å². The number of carbonyl (C=O) groups is 1. The van der Waals surface area contributed by atoms with E-state index in [1.807, 2.05) is 30.1 Å². The van der Waals surface area contributed by atoms with Crippen molar-refractivity contribution >= 4 is 11.8 Å².